The average molecular weight is 810 g/mol. The summed E-state index contributed by atoms with van der Waals surface area (Å²) in [6.07, 6.45) is 44.3. The van der Waals surface area contributed by atoms with E-state index in [9.17, 15) is 24.2 Å². The SMILES string of the molecule is CC/C=C\C/C=C\CC(O)/C=C/C=C\C/C=C\CCCC(=O)OC[C@H](COP(=O)(O)OCCN)OC(=O)CCCCCCCCCCCCCCCCCCC. The maximum Gasteiger partial charge on any atom is 0.472 e. The first kappa shape index (κ1) is 53.7. The number of carbonyl (C=O) groups excluding carboxylic acids is 2. The Morgan fingerprint density at radius 2 is 1.20 bits per heavy atom. The third-order valence-electron chi connectivity index (χ3n) is 9.00. The van der Waals surface area contributed by atoms with E-state index in [4.69, 9.17) is 24.3 Å². The minimum absolute atomic E-state index is 0.0354. The van der Waals surface area contributed by atoms with Gasteiger partial charge in [-0.15, -0.1) is 0 Å². The van der Waals surface area contributed by atoms with Gasteiger partial charge in [0.05, 0.1) is 19.3 Å². The number of carbonyl (C=O) groups is 2. The minimum atomic E-state index is -4.40. The zero-order chi connectivity index (χ0) is 41.2. The molecule has 0 fully saturated rings. The van der Waals surface area contributed by atoms with E-state index in [-0.39, 0.29) is 32.6 Å². The summed E-state index contributed by atoms with van der Waals surface area (Å²) in [5.74, 6) is -0.935. The lowest BCUT2D eigenvalue weighted by Crippen LogP contribution is -2.29. The number of ether oxygens (including phenoxy) is 2. The fraction of sp³-hybridized carbons (Fsp3) is 0.733. The number of nitrogens with two attached hydrogens (primary N) is 1. The molecular formula is C45H80NO9P. The molecule has 0 aromatic heterocycles. The maximum absolute atomic E-state index is 12.6. The van der Waals surface area contributed by atoms with Gasteiger partial charge in [0.2, 0.25) is 0 Å². The summed E-state index contributed by atoms with van der Waals surface area (Å²) in [5.41, 5.74) is 5.34. The lowest BCUT2D eigenvalue weighted by atomic mass is 10.0. The van der Waals surface area contributed by atoms with E-state index in [1.165, 1.54) is 83.5 Å². The molecule has 0 aliphatic carbocycles. The molecule has 11 heteroatoms. The number of aliphatic hydroxyl groups excluding tert-OH is 1. The van der Waals surface area contributed by atoms with E-state index in [0.717, 1.165) is 38.5 Å². The van der Waals surface area contributed by atoms with Crippen molar-refractivity contribution in [3.63, 3.8) is 0 Å². The molecule has 0 saturated heterocycles. The monoisotopic (exact) mass is 810 g/mol. The molecule has 10 nitrogen and oxygen atoms in total. The number of hydrogen-bond acceptors (Lipinski definition) is 9. The number of phosphoric acid groups is 1. The van der Waals surface area contributed by atoms with E-state index in [2.05, 4.69) is 32.1 Å². The van der Waals surface area contributed by atoms with Crippen molar-refractivity contribution in [3.8, 4) is 0 Å². The van der Waals surface area contributed by atoms with Gasteiger partial charge in [-0.1, -0.05) is 177 Å². The Bertz CT molecular complexity index is 1120. The number of hydrogen-bond donors (Lipinski definition) is 3. The molecule has 0 spiro atoms. The molecule has 4 N–H and O–H groups in total. The Kier molecular flexibility index (Phi) is 39.2. The van der Waals surface area contributed by atoms with Crippen molar-refractivity contribution in [2.24, 2.45) is 5.73 Å². The summed E-state index contributed by atoms with van der Waals surface area (Å²) >= 11 is 0. The zero-order valence-electron chi connectivity index (χ0n) is 35.2. The van der Waals surface area contributed by atoms with Crippen LogP contribution in [-0.2, 0) is 32.7 Å². The van der Waals surface area contributed by atoms with Gasteiger partial charge in [-0.05, 0) is 44.9 Å². The highest BCUT2D eigenvalue weighted by atomic mass is 31.2. The largest absolute Gasteiger partial charge is 0.472 e. The normalized spacial score (nSPS) is 14.4. The number of unbranched alkanes of at least 4 members (excludes halogenated alkanes) is 17. The molecular weight excluding hydrogens is 729 g/mol. The quantitative estimate of drug-likeness (QED) is 0.0179. The van der Waals surface area contributed by atoms with Crippen LogP contribution in [0.3, 0.4) is 0 Å². The van der Waals surface area contributed by atoms with Crippen molar-refractivity contribution >= 4 is 19.8 Å². The Labute approximate surface area is 341 Å². The second-order valence-corrected chi connectivity index (χ2v) is 15.8. The van der Waals surface area contributed by atoms with Gasteiger partial charge in [0.25, 0.3) is 0 Å². The first-order valence-electron chi connectivity index (χ1n) is 21.9. The van der Waals surface area contributed by atoms with Gasteiger partial charge in [-0.2, -0.15) is 0 Å². The van der Waals surface area contributed by atoms with Crippen LogP contribution in [0.5, 0.6) is 0 Å². The van der Waals surface area contributed by atoms with E-state index in [1.807, 2.05) is 36.5 Å². The van der Waals surface area contributed by atoms with Crippen LogP contribution in [0.25, 0.3) is 0 Å². The van der Waals surface area contributed by atoms with E-state index in [0.29, 0.717) is 25.7 Å². The summed E-state index contributed by atoms with van der Waals surface area (Å²) in [7, 11) is -4.40. The van der Waals surface area contributed by atoms with Gasteiger partial charge in [0.15, 0.2) is 6.10 Å². The van der Waals surface area contributed by atoms with Crippen LogP contribution in [0, 0.1) is 0 Å². The predicted octanol–water partition coefficient (Wildman–Crippen LogP) is 11.5. The Balaban J connectivity index is 4.29. The highest BCUT2D eigenvalue weighted by Crippen LogP contribution is 2.43. The first-order chi connectivity index (χ1) is 27.2. The molecule has 0 amide bonds. The molecule has 0 aromatic carbocycles. The number of allylic oxidation sites excluding steroid dienone is 8. The standard InChI is InChI=1S/C45H80NO9P/c1-3-5-7-9-11-12-13-14-15-16-17-18-19-20-25-29-33-37-45(49)55-43(41-54-56(50,51)53-39-38-46)40-52-44(48)36-32-28-24-22-21-23-27-31-35-42(47)34-30-26-10-8-6-4-2/h6,8,22-24,26-27,30-31,35,42-43,47H,3-5,7,9-21,25,28-29,32-34,36-41,46H2,1-2H3,(H,50,51)/b8-6-,24-22-,27-23-,30-26-,35-31+/t42?,43-/m1/s1. The Hall–Kier alpha value is -2.33. The van der Waals surface area contributed by atoms with E-state index in [1.54, 1.807) is 6.08 Å². The lowest BCUT2D eigenvalue weighted by Gasteiger charge is -2.19. The van der Waals surface area contributed by atoms with Gasteiger partial charge in [-0.25, -0.2) is 4.57 Å². The molecule has 324 valence electrons. The molecule has 0 aliphatic heterocycles. The fourth-order valence-electron chi connectivity index (χ4n) is 5.75. The smallest absolute Gasteiger partial charge is 0.462 e. The molecule has 3 atom stereocenters. The highest BCUT2D eigenvalue weighted by Gasteiger charge is 2.26. The topological polar surface area (TPSA) is 155 Å². The van der Waals surface area contributed by atoms with Crippen molar-refractivity contribution in [1.29, 1.82) is 0 Å². The van der Waals surface area contributed by atoms with Crippen molar-refractivity contribution in [1.82, 2.24) is 0 Å². The van der Waals surface area contributed by atoms with Gasteiger partial charge in [0, 0.05) is 19.4 Å². The molecule has 2 unspecified atom stereocenters. The van der Waals surface area contributed by atoms with Crippen LogP contribution in [0.1, 0.15) is 174 Å². The van der Waals surface area contributed by atoms with Crippen LogP contribution >= 0.6 is 7.82 Å². The van der Waals surface area contributed by atoms with Gasteiger partial charge in [-0.3, -0.25) is 18.6 Å². The van der Waals surface area contributed by atoms with Crippen molar-refractivity contribution in [2.45, 2.75) is 187 Å². The van der Waals surface area contributed by atoms with Crippen molar-refractivity contribution in [2.75, 3.05) is 26.4 Å². The number of esters is 2. The fourth-order valence-corrected chi connectivity index (χ4v) is 6.52. The second kappa shape index (κ2) is 40.9. The third kappa shape index (κ3) is 39.9. The first-order valence-corrected chi connectivity index (χ1v) is 23.4. The third-order valence-corrected chi connectivity index (χ3v) is 9.98. The van der Waals surface area contributed by atoms with Crippen molar-refractivity contribution < 1.29 is 42.7 Å². The minimum Gasteiger partial charge on any atom is -0.462 e. The maximum atomic E-state index is 12.6. The average Bonchev–Trinajstić information content (AvgIpc) is 3.18. The number of phosphoric ester groups is 1. The number of rotatable bonds is 40. The highest BCUT2D eigenvalue weighted by molar-refractivity contribution is 7.47. The van der Waals surface area contributed by atoms with Crippen LogP contribution < -0.4 is 5.73 Å². The molecule has 0 bridgehead atoms. The van der Waals surface area contributed by atoms with E-state index >= 15 is 0 Å². The predicted molar refractivity (Wildman–Crippen MR) is 230 cm³/mol. The summed E-state index contributed by atoms with van der Waals surface area (Å²) in [4.78, 5) is 34.9. The van der Waals surface area contributed by atoms with Gasteiger partial charge >= 0.3 is 19.8 Å². The summed E-state index contributed by atoms with van der Waals surface area (Å²) in [6, 6.07) is 0. The number of aliphatic hydroxyl groups is 1. The van der Waals surface area contributed by atoms with Gasteiger partial charge in [0.1, 0.15) is 6.61 Å². The second-order valence-electron chi connectivity index (χ2n) is 14.4. The molecule has 0 radical (unpaired) electrons. The Morgan fingerprint density at radius 1 is 0.643 bits per heavy atom. The molecule has 56 heavy (non-hydrogen) atoms. The summed E-state index contributed by atoms with van der Waals surface area (Å²) in [6.45, 7) is 3.46. The van der Waals surface area contributed by atoms with Crippen LogP contribution in [0.4, 0.5) is 0 Å². The Morgan fingerprint density at radius 3 is 1.80 bits per heavy atom. The summed E-state index contributed by atoms with van der Waals surface area (Å²) in [5, 5.41) is 10.0. The molecule has 0 saturated carbocycles. The van der Waals surface area contributed by atoms with E-state index < -0.39 is 38.6 Å². The molecule has 0 heterocycles. The van der Waals surface area contributed by atoms with Crippen LogP contribution in [0.15, 0.2) is 60.8 Å². The van der Waals surface area contributed by atoms with Crippen LogP contribution in [-0.4, -0.2) is 60.5 Å². The molecule has 0 aromatic rings. The van der Waals surface area contributed by atoms with Crippen LogP contribution in [0.2, 0.25) is 0 Å². The van der Waals surface area contributed by atoms with Crippen molar-refractivity contribution in [3.05, 3.63) is 60.8 Å². The zero-order valence-corrected chi connectivity index (χ0v) is 36.1. The van der Waals surface area contributed by atoms with Gasteiger partial charge < -0.3 is 25.2 Å². The molecule has 0 aliphatic rings. The lowest BCUT2D eigenvalue weighted by molar-refractivity contribution is -0.161. The summed E-state index contributed by atoms with van der Waals surface area (Å²) < 4.78 is 32.7. The molecule has 0 rings (SSSR count).